The third kappa shape index (κ3) is 5.64. The number of carbonyl (C=O) groups is 2. The van der Waals surface area contributed by atoms with Gasteiger partial charge in [0, 0.05) is 29.1 Å². The van der Waals surface area contributed by atoms with Crippen LogP contribution in [-0.2, 0) is 9.59 Å². The van der Waals surface area contributed by atoms with Gasteiger partial charge >= 0.3 is 0 Å². The fourth-order valence-electron chi connectivity index (χ4n) is 3.54. The van der Waals surface area contributed by atoms with Crippen molar-refractivity contribution >= 4 is 29.1 Å². The number of likely N-dealkylation sites (tertiary alicyclic amines) is 1. The molecule has 1 aliphatic heterocycles. The lowest BCUT2D eigenvalue weighted by Crippen LogP contribution is -2.27. The topological polar surface area (TPSA) is 111 Å². The highest BCUT2D eigenvalue weighted by Crippen LogP contribution is 2.24. The van der Waals surface area contributed by atoms with Gasteiger partial charge in [-0.1, -0.05) is 19.1 Å². The predicted molar refractivity (Wildman–Crippen MR) is 116 cm³/mol. The molecule has 3 heterocycles. The number of carboxylic acid groups (broad SMARTS) is 1. The Bertz CT molecular complexity index is 982. The van der Waals surface area contributed by atoms with Gasteiger partial charge in [-0.15, -0.1) is 0 Å². The Morgan fingerprint density at radius 1 is 1.30 bits per heavy atom. The van der Waals surface area contributed by atoms with Crippen molar-refractivity contribution in [3.8, 4) is 11.3 Å². The van der Waals surface area contributed by atoms with Gasteiger partial charge < -0.3 is 15.3 Å². The summed E-state index contributed by atoms with van der Waals surface area (Å²) in [6.07, 6.45) is 5.23. The average molecular weight is 409 g/mol. The van der Waals surface area contributed by atoms with Crippen LogP contribution >= 0.6 is 0 Å². The molecule has 3 aromatic rings. The maximum Gasteiger partial charge on any atom is 0.290 e. The van der Waals surface area contributed by atoms with Gasteiger partial charge in [0.15, 0.2) is 0 Å². The van der Waals surface area contributed by atoms with E-state index in [0.29, 0.717) is 5.82 Å². The maximum atomic E-state index is 12.5. The van der Waals surface area contributed by atoms with Crippen molar-refractivity contribution in [2.45, 2.75) is 26.2 Å². The van der Waals surface area contributed by atoms with E-state index >= 15 is 0 Å². The Hall–Kier alpha value is -3.26. The zero-order chi connectivity index (χ0) is 21.3. The number of hydrogen-bond donors (Lipinski definition) is 3. The molecule has 1 aromatic carbocycles. The molecular weight excluding hydrogens is 382 g/mol. The van der Waals surface area contributed by atoms with Crippen molar-refractivity contribution in [1.82, 2.24) is 20.1 Å². The minimum Gasteiger partial charge on any atom is -0.483 e. The van der Waals surface area contributed by atoms with Gasteiger partial charge in [0.05, 0.1) is 11.2 Å². The number of benzene rings is 1. The van der Waals surface area contributed by atoms with Gasteiger partial charge in [0.2, 0.25) is 5.91 Å². The number of fused-ring (bicyclic) bond motifs is 1. The molecule has 158 valence electrons. The highest BCUT2D eigenvalue weighted by molar-refractivity contribution is 5.92. The van der Waals surface area contributed by atoms with Crippen molar-refractivity contribution in [3.63, 3.8) is 0 Å². The highest BCUT2D eigenvalue weighted by atomic mass is 16.3. The smallest absolute Gasteiger partial charge is 0.290 e. The molecular formula is C22H27N5O3. The lowest BCUT2D eigenvalue weighted by molar-refractivity contribution is -0.123. The molecule has 0 radical (unpaired) electrons. The highest BCUT2D eigenvalue weighted by Gasteiger charge is 2.18. The summed E-state index contributed by atoms with van der Waals surface area (Å²) in [6, 6.07) is 11.9. The molecule has 3 N–H and O–H groups in total. The molecule has 8 nitrogen and oxygen atoms in total. The molecule has 1 atom stereocenters. The Kier molecular flexibility index (Phi) is 7.51. The number of pyridine rings is 1. The molecule has 4 rings (SSSR count). The second-order valence-electron chi connectivity index (χ2n) is 7.41. The van der Waals surface area contributed by atoms with E-state index in [0.717, 1.165) is 35.1 Å². The van der Waals surface area contributed by atoms with Gasteiger partial charge in [0.25, 0.3) is 6.47 Å². The predicted octanol–water partition coefficient (Wildman–Crippen LogP) is 3.39. The summed E-state index contributed by atoms with van der Waals surface area (Å²) in [7, 11) is 0. The first kappa shape index (κ1) is 21.4. The van der Waals surface area contributed by atoms with E-state index in [2.05, 4.69) is 31.5 Å². The van der Waals surface area contributed by atoms with Crippen LogP contribution in [0.4, 0.5) is 5.82 Å². The second kappa shape index (κ2) is 10.5. The molecule has 1 saturated heterocycles. The second-order valence-corrected chi connectivity index (χ2v) is 7.41. The standard InChI is InChI=1S/C21H25N5O.CH2O2/c1-15(8-12-26-10-2-3-11-26)21(27)23-20-14-19(24-25-20)17-6-7-18-16(13-17)5-4-9-22-18;2-1-3/h4-7,9,13-15H,2-3,8,10-12H2,1H3,(H2,23,24,25,27);1H,(H,2,3). The molecule has 1 amide bonds. The van der Waals surface area contributed by atoms with Crippen LogP contribution in [0.1, 0.15) is 26.2 Å². The molecule has 1 aliphatic rings. The normalized spacial score (nSPS) is 14.7. The van der Waals surface area contributed by atoms with E-state index in [-0.39, 0.29) is 18.3 Å². The van der Waals surface area contributed by atoms with Crippen LogP contribution < -0.4 is 5.32 Å². The van der Waals surface area contributed by atoms with Crippen molar-refractivity contribution < 1.29 is 14.7 Å². The number of rotatable bonds is 6. The van der Waals surface area contributed by atoms with E-state index in [1.54, 1.807) is 6.20 Å². The van der Waals surface area contributed by atoms with Crippen LogP contribution in [0, 0.1) is 5.92 Å². The Labute approximate surface area is 175 Å². The molecule has 0 spiro atoms. The lowest BCUT2D eigenvalue weighted by atomic mass is 10.1. The zero-order valence-corrected chi connectivity index (χ0v) is 17.0. The Morgan fingerprint density at radius 3 is 2.83 bits per heavy atom. The van der Waals surface area contributed by atoms with Crippen LogP contribution in [0.15, 0.2) is 42.6 Å². The molecule has 0 saturated carbocycles. The van der Waals surface area contributed by atoms with Gasteiger partial charge in [-0.05, 0) is 57.1 Å². The van der Waals surface area contributed by atoms with Crippen LogP contribution in [0.3, 0.4) is 0 Å². The molecule has 8 heteroatoms. The molecule has 2 aromatic heterocycles. The number of amides is 1. The van der Waals surface area contributed by atoms with Crippen LogP contribution in [-0.4, -0.2) is 57.2 Å². The summed E-state index contributed by atoms with van der Waals surface area (Å²) in [4.78, 5) is 27.6. The minimum absolute atomic E-state index is 0.0240. The first-order valence-electron chi connectivity index (χ1n) is 10.1. The van der Waals surface area contributed by atoms with E-state index in [1.165, 1.54) is 25.9 Å². The van der Waals surface area contributed by atoms with Crippen LogP contribution in [0.25, 0.3) is 22.2 Å². The summed E-state index contributed by atoms with van der Waals surface area (Å²) >= 11 is 0. The van der Waals surface area contributed by atoms with Crippen LogP contribution in [0.2, 0.25) is 0 Å². The maximum absolute atomic E-state index is 12.5. The summed E-state index contributed by atoms with van der Waals surface area (Å²) in [5.74, 6) is 0.644. The summed E-state index contributed by atoms with van der Waals surface area (Å²) < 4.78 is 0. The number of hydrogen-bond acceptors (Lipinski definition) is 5. The number of H-pyrrole nitrogens is 1. The lowest BCUT2D eigenvalue weighted by Gasteiger charge is -2.17. The molecule has 0 aliphatic carbocycles. The van der Waals surface area contributed by atoms with E-state index in [1.807, 2.05) is 37.3 Å². The number of nitrogens with zero attached hydrogens (tertiary/aromatic N) is 3. The number of aromatic nitrogens is 3. The number of carbonyl (C=O) groups excluding carboxylic acids is 1. The first-order valence-corrected chi connectivity index (χ1v) is 10.1. The van der Waals surface area contributed by atoms with Gasteiger partial charge in [-0.3, -0.25) is 19.7 Å². The Balaban J connectivity index is 0.000000806. The van der Waals surface area contributed by atoms with Crippen molar-refractivity contribution in [2.24, 2.45) is 5.92 Å². The zero-order valence-electron chi connectivity index (χ0n) is 17.0. The van der Waals surface area contributed by atoms with E-state index in [9.17, 15) is 4.79 Å². The summed E-state index contributed by atoms with van der Waals surface area (Å²) in [6.45, 7) is 5.06. The molecule has 0 bridgehead atoms. The quantitative estimate of drug-likeness (QED) is 0.538. The molecule has 1 fully saturated rings. The van der Waals surface area contributed by atoms with Crippen molar-refractivity contribution in [3.05, 3.63) is 42.6 Å². The van der Waals surface area contributed by atoms with E-state index < -0.39 is 0 Å². The first-order chi connectivity index (χ1) is 14.6. The van der Waals surface area contributed by atoms with Gasteiger partial charge in [-0.25, -0.2) is 0 Å². The van der Waals surface area contributed by atoms with Crippen molar-refractivity contribution in [1.29, 1.82) is 0 Å². The molecule has 30 heavy (non-hydrogen) atoms. The summed E-state index contributed by atoms with van der Waals surface area (Å²) in [5, 5.41) is 18.2. The average Bonchev–Trinajstić information content (AvgIpc) is 3.44. The third-order valence-electron chi connectivity index (χ3n) is 5.26. The largest absolute Gasteiger partial charge is 0.483 e. The minimum atomic E-state index is -0.250. The van der Waals surface area contributed by atoms with Gasteiger partial charge in [0.1, 0.15) is 5.82 Å². The number of aromatic amines is 1. The third-order valence-corrected chi connectivity index (χ3v) is 5.26. The SMILES string of the molecule is CC(CCN1CCCC1)C(=O)Nc1cc(-c2ccc3ncccc3c2)n[nH]1.O=CO. The number of anilines is 1. The van der Waals surface area contributed by atoms with Gasteiger partial charge in [-0.2, -0.15) is 5.10 Å². The monoisotopic (exact) mass is 409 g/mol. The fraction of sp³-hybridized carbons (Fsp3) is 0.364. The Morgan fingerprint density at radius 2 is 2.07 bits per heavy atom. The fourth-order valence-corrected chi connectivity index (χ4v) is 3.54. The summed E-state index contributed by atoms with van der Waals surface area (Å²) in [5.41, 5.74) is 2.76. The number of nitrogens with one attached hydrogen (secondary N) is 2. The van der Waals surface area contributed by atoms with Crippen molar-refractivity contribution in [2.75, 3.05) is 25.0 Å². The van der Waals surface area contributed by atoms with E-state index in [4.69, 9.17) is 9.90 Å². The molecule has 1 unspecified atom stereocenters. The van der Waals surface area contributed by atoms with Crippen LogP contribution in [0.5, 0.6) is 0 Å².